The van der Waals surface area contributed by atoms with E-state index in [9.17, 15) is 0 Å². The Morgan fingerprint density at radius 2 is 1.03 bits per heavy atom. The summed E-state index contributed by atoms with van der Waals surface area (Å²) < 4.78 is 11.0. The number of hydrogen-bond acceptors (Lipinski definition) is 2. The smallest absolute Gasteiger partial charge is 0.0528 e. The molecule has 30 heavy (non-hydrogen) atoms. The van der Waals surface area contributed by atoms with E-state index in [1.54, 1.807) is 14.2 Å². The first-order chi connectivity index (χ1) is 14.6. The van der Waals surface area contributed by atoms with E-state index in [1.165, 1.54) is 32.6 Å². The first-order valence-electron chi connectivity index (χ1n) is 10.6. The maximum absolute atomic E-state index is 5.51. The fraction of sp³-hybridized carbons (Fsp3) is 0.333. The van der Waals surface area contributed by atoms with Crippen molar-refractivity contribution in [3.8, 4) is 0 Å². The predicted molar refractivity (Wildman–Crippen MR) is 130 cm³/mol. The summed E-state index contributed by atoms with van der Waals surface area (Å²) in [5.41, 5.74) is 4.10. The van der Waals surface area contributed by atoms with E-state index in [1.807, 2.05) is 0 Å². The van der Waals surface area contributed by atoms with Crippen molar-refractivity contribution >= 4 is 23.8 Å². The molecule has 2 atom stereocenters. The summed E-state index contributed by atoms with van der Waals surface area (Å²) in [7, 11) is 2.86. The van der Waals surface area contributed by atoms with Crippen LogP contribution in [0.3, 0.4) is 0 Å². The van der Waals surface area contributed by atoms with E-state index in [-0.39, 0.29) is 0 Å². The molecule has 0 amide bonds. The van der Waals surface area contributed by atoms with Gasteiger partial charge in [-0.05, 0) is 47.4 Å². The van der Waals surface area contributed by atoms with Crippen LogP contribution in [-0.4, -0.2) is 27.4 Å². The van der Waals surface area contributed by atoms with Crippen LogP contribution in [0, 0.1) is 6.92 Å². The number of hydrogen-bond donors (Lipinski definition) is 0. The van der Waals surface area contributed by atoms with Crippen LogP contribution >= 0.6 is 7.92 Å². The van der Waals surface area contributed by atoms with Crippen LogP contribution in [0.15, 0.2) is 72.8 Å². The maximum Gasteiger partial charge on any atom is 0.0528 e. The van der Waals surface area contributed by atoms with Gasteiger partial charge in [-0.3, -0.25) is 0 Å². The van der Waals surface area contributed by atoms with Crippen molar-refractivity contribution in [1.29, 1.82) is 0 Å². The van der Waals surface area contributed by atoms with Gasteiger partial charge in [-0.15, -0.1) is 0 Å². The Morgan fingerprint density at radius 3 is 1.47 bits per heavy atom. The van der Waals surface area contributed by atoms with E-state index in [2.05, 4.69) is 93.6 Å². The molecule has 3 aromatic rings. The molecule has 0 fully saturated rings. The molecule has 3 aromatic carbocycles. The third-order valence-electron chi connectivity index (χ3n) is 5.61. The monoisotopic (exact) mass is 420 g/mol. The first-order valence-corrected chi connectivity index (χ1v) is 11.9. The van der Waals surface area contributed by atoms with Crippen LogP contribution < -0.4 is 15.9 Å². The molecular formula is C27H33O2P. The summed E-state index contributed by atoms with van der Waals surface area (Å²) >= 11 is 0. The number of benzene rings is 3. The minimum absolute atomic E-state index is 0.337. The van der Waals surface area contributed by atoms with Crippen molar-refractivity contribution in [2.75, 3.05) is 27.4 Å². The van der Waals surface area contributed by atoms with Crippen LogP contribution in [0.2, 0.25) is 0 Å². The molecular weight excluding hydrogens is 387 g/mol. The Labute approximate surface area is 183 Å². The van der Waals surface area contributed by atoms with Gasteiger partial charge in [0, 0.05) is 26.1 Å². The van der Waals surface area contributed by atoms with Crippen LogP contribution in [0.4, 0.5) is 0 Å². The lowest BCUT2D eigenvalue weighted by Gasteiger charge is -2.28. The van der Waals surface area contributed by atoms with Gasteiger partial charge in [-0.2, -0.15) is 0 Å². The molecule has 158 valence electrons. The molecule has 2 nitrogen and oxygen atoms in total. The molecule has 0 heterocycles. The van der Waals surface area contributed by atoms with Gasteiger partial charge >= 0.3 is 0 Å². The van der Waals surface area contributed by atoms with Crippen molar-refractivity contribution in [1.82, 2.24) is 0 Å². The average molecular weight is 421 g/mol. The second kappa shape index (κ2) is 10.9. The Balaban J connectivity index is 2.25. The zero-order valence-corrected chi connectivity index (χ0v) is 19.7. The molecule has 0 bridgehead atoms. The van der Waals surface area contributed by atoms with Crippen molar-refractivity contribution in [3.63, 3.8) is 0 Å². The summed E-state index contributed by atoms with van der Waals surface area (Å²) in [5.74, 6) is 0.674. The van der Waals surface area contributed by atoms with Crippen molar-refractivity contribution < 1.29 is 9.47 Å². The summed E-state index contributed by atoms with van der Waals surface area (Å²) in [6.45, 7) is 8.18. The Morgan fingerprint density at radius 1 is 0.633 bits per heavy atom. The van der Waals surface area contributed by atoms with Crippen molar-refractivity contribution in [3.05, 3.63) is 89.5 Å². The zero-order chi connectivity index (χ0) is 21.5. The van der Waals surface area contributed by atoms with E-state index in [4.69, 9.17) is 9.47 Å². The minimum atomic E-state index is -0.706. The van der Waals surface area contributed by atoms with Crippen molar-refractivity contribution in [2.45, 2.75) is 32.6 Å². The molecule has 3 rings (SSSR count). The number of aryl methyl sites for hydroxylation is 1. The molecule has 0 aliphatic rings. The molecule has 0 spiro atoms. The van der Waals surface area contributed by atoms with E-state index in [0.29, 0.717) is 11.8 Å². The SMILES string of the molecule is COCC(C)c1ccccc1P(c1ccccc1C)c1ccccc1C(C)COC. The standard InChI is InChI=1S/C27H33O2P/c1-20-12-6-9-15-25(20)30(26-16-10-7-13-23(26)21(2)18-28-4)27-17-11-8-14-24(27)22(3)19-29-5/h6-17,21-22H,18-19H2,1-5H3. The second-order valence-electron chi connectivity index (χ2n) is 7.95. The number of methoxy groups -OCH3 is 2. The van der Waals surface area contributed by atoms with Gasteiger partial charge in [0.1, 0.15) is 0 Å². The molecule has 0 aliphatic heterocycles. The largest absolute Gasteiger partial charge is 0.384 e. The van der Waals surface area contributed by atoms with Crippen molar-refractivity contribution in [2.24, 2.45) is 0 Å². The maximum atomic E-state index is 5.51. The molecule has 0 radical (unpaired) electrons. The van der Waals surface area contributed by atoms with Gasteiger partial charge in [-0.1, -0.05) is 86.6 Å². The third kappa shape index (κ3) is 5.01. The molecule has 0 saturated heterocycles. The van der Waals surface area contributed by atoms with Gasteiger partial charge in [0.25, 0.3) is 0 Å². The van der Waals surface area contributed by atoms with Gasteiger partial charge in [0.2, 0.25) is 0 Å². The Bertz CT molecular complexity index is 897. The Kier molecular flexibility index (Phi) is 8.22. The topological polar surface area (TPSA) is 18.5 Å². The van der Waals surface area contributed by atoms with Crippen LogP contribution in [0.1, 0.15) is 42.4 Å². The first kappa shape index (κ1) is 22.7. The summed E-state index contributed by atoms with van der Waals surface area (Å²) in [6, 6.07) is 26.7. The molecule has 2 unspecified atom stereocenters. The fourth-order valence-electron chi connectivity index (χ4n) is 4.10. The van der Waals surface area contributed by atoms with Crippen LogP contribution in [0.25, 0.3) is 0 Å². The van der Waals surface area contributed by atoms with Crippen LogP contribution in [0.5, 0.6) is 0 Å². The normalized spacial score (nSPS) is 14.3. The third-order valence-corrected chi connectivity index (χ3v) is 8.37. The summed E-state index contributed by atoms with van der Waals surface area (Å²) in [5, 5.41) is 4.26. The van der Waals surface area contributed by atoms with E-state index >= 15 is 0 Å². The highest BCUT2D eigenvalue weighted by atomic mass is 31.1. The summed E-state index contributed by atoms with van der Waals surface area (Å²) in [6.07, 6.45) is 0. The molecule has 3 heteroatoms. The predicted octanol–water partition coefficient (Wildman–Crippen LogP) is 5.25. The average Bonchev–Trinajstić information content (AvgIpc) is 2.76. The van der Waals surface area contributed by atoms with Gasteiger partial charge in [-0.25, -0.2) is 0 Å². The highest BCUT2D eigenvalue weighted by molar-refractivity contribution is 7.80. The fourth-order valence-corrected chi connectivity index (χ4v) is 7.12. The quantitative estimate of drug-likeness (QED) is 0.440. The highest BCUT2D eigenvalue weighted by Gasteiger charge is 2.26. The van der Waals surface area contributed by atoms with Gasteiger partial charge in [0.15, 0.2) is 0 Å². The van der Waals surface area contributed by atoms with E-state index in [0.717, 1.165) is 13.2 Å². The second-order valence-corrected chi connectivity index (χ2v) is 10.1. The Hall–Kier alpha value is -1.99. The molecule has 0 N–H and O–H groups in total. The lowest BCUT2D eigenvalue weighted by atomic mass is 10.0. The van der Waals surface area contributed by atoms with E-state index < -0.39 is 7.92 Å². The lowest BCUT2D eigenvalue weighted by molar-refractivity contribution is 0.184. The molecule has 0 aromatic heterocycles. The molecule has 0 saturated carbocycles. The lowest BCUT2D eigenvalue weighted by Crippen LogP contribution is -2.29. The number of rotatable bonds is 9. The zero-order valence-electron chi connectivity index (χ0n) is 18.8. The number of ether oxygens (including phenoxy) is 2. The van der Waals surface area contributed by atoms with Gasteiger partial charge < -0.3 is 9.47 Å². The summed E-state index contributed by atoms with van der Waals surface area (Å²) in [4.78, 5) is 0. The molecule has 0 aliphatic carbocycles. The highest BCUT2D eigenvalue weighted by Crippen LogP contribution is 2.39. The minimum Gasteiger partial charge on any atom is -0.384 e. The van der Waals surface area contributed by atoms with Gasteiger partial charge in [0.05, 0.1) is 13.2 Å². The van der Waals surface area contributed by atoms with Crippen LogP contribution in [-0.2, 0) is 9.47 Å².